The van der Waals surface area contributed by atoms with Crippen molar-refractivity contribution in [2.75, 3.05) is 14.1 Å². The van der Waals surface area contributed by atoms with Gasteiger partial charge in [-0.1, -0.05) is 30.3 Å². The van der Waals surface area contributed by atoms with Gasteiger partial charge in [0.05, 0.1) is 17.6 Å². The van der Waals surface area contributed by atoms with Crippen LogP contribution in [0.4, 0.5) is 0 Å². The minimum atomic E-state index is -2.69. The highest BCUT2D eigenvalue weighted by atomic mass is 16.3. The molecule has 7 atom stereocenters. The van der Waals surface area contributed by atoms with Gasteiger partial charge in [0.25, 0.3) is 0 Å². The van der Waals surface area contributed by atoms with Crippen LogP contribution in [0, 0.1) is 23.7 Å². The molecular weight excluding hydrogens is 490 g/mol. The molecule has 200 valence electrons. The van der Waals surface area contributed by atoms with Gasteiger partial charge in [-0.05, 0) is 55.6 Å². The molecule has 7 N–H and O–H groups in total. The summed E-state index contributed by atoms with van der Waals surface area (Å²) in [5.74, 6) is -9.29. The number of phenolic OH excluding ortho intramolecular Hbond substituents is 1. The number of nitrogens with zero attached hydrogens (tertiary/aromatic N) is 1. The van der Waals surface area contributed by atoms with Gasteiger partial charge < -0.3 is 31.7 Å². The second kappa shape index (κ2) is 9.09. The molecule has 2 saturated carbocycles. The lowest BCUT2D eigenvalue weighted by atomic mass is 9.52. The predicted octanol–water partition coefficient (Wildman–Crippen LogP) is -0.215. The third-order valence-electron chi connectivity index (χ3n) is 8.67. The number of benzene rings is 2. The number of Topliss-reactive ketones (excluding diaryl/α,β-unsaturated/α-hetero) is 3. The first kappa shape index (κ1) is 26.2. The van der Waals surface area contributed by atoms with E-state index in [-0.39, 0.29) is 30.7 Å². The number of hydrogen-bond acceptors (Lipinski definition) is 9. The van der Waals surface area contributed by atoms with Crippen LogP contribution in [0.25, 0.3) is 11.1 Å². The van der Waals surface area contributed by atoms with Crippen LogP contribution in [0.15, 0.2) is 36.4 Å². The summed E-state index contributed by atoms with van der Waals surface area (Å²) in [6, 6.07) is 10.1. The van der Waals surface area contributed by atoms with E-state index in [2.05, 4.69) is 0 Å². The zero-order valence-electron chi connectivity index (χ0n) is 21.1. The van der Waals surface area contributed by atoms with Crippen LogP contribution < -0.4 is 11.5 Å². The maximum Gasteiger partial charge on any atom is 0.230 e. The van der Waals surface area contributed by atoms with E-state index < -0.39 is 64.7 Å². The monoisotopic (exact) mass is 521 g/mol. The van der Waals surface area contributed by atoms with Crippen LogP contribution in [0.5, 0.6) is 5.75 Å². The van der Waals surface area contributed by atoms with E-state index in [9.17, 15) is 34.5 Å². The van der Waals surface area contributed by atoms with Gasteiger partial charge in [0.1, 0.15) is 11.7 Å². The first-order valence-electron chi connectivity index (χ1n) is 12.6. The van der Waals surface area contributed by atoms with Gasteiger partial charge in [0.2, 0.25) is 5.91 Å². The van der Waals surface area contributed by atoms with E-state index in [0.717, 1.165) is 5.56 Å². The lowest BCUT2D eigenvalue weighted by Crippen LogP contribution is -2.75. The van der Waals surface area contributed by atoms with Crippen LogP contribution in [-0.4, -0.2) is 75.3 Å². The van der Waals surface area contributed by atoms with Crippen molar-refractivity contribution in [3.8, 4) is 16.9 Å². The summed E-state index contributed by atoms with van der Waals surface area (Å²) in [7, 11) is 3.22. The van der Waals surface area contributed by atoms with E-state index in [1.807, 2.05) is 30.3 Å². The fourth-order valence-electron chi connectivity index (χ4n) is 6.98. The largest absolute Gasteiger partial charge is 0.507 e. The molecule has 2 fully saturated rings. The van der Waals surface area contributed by atoms with E-state index >= 15 is 0 Å². The van der Waals surface area contributed by atoms with Crippen molar-refractivity contribution in [2.24, 2.45) is 35.1 Å². The lowest BCUT2D eigenvalue weighted by Gasteiger charge is -2.54. The fraction of sp³-hybridized carbons (Fsp3) is 0.429. The van der Waals surface area contributed by atoms with Crippen molar-refractivity contribution < 1.29 is 34.5 Å². The number of aliphatic hydroxyl groups excluding tert-OH is 1. The molecule has 10 heteroatoms. The zero-order valence-corrected chi connectivity index (χ0v) is 21.1. The Morgan fingerprint density at radius 2 is 1.79 bits per heavy atom. The number of aliphatic hydroxyl groups is 2. The molecule has 3 aliphatic rings. The van der Waals surface area contributed by atoms with Crippen LogP contribution in [-0.2, 0) is 27.3 Å². The molecule has 3 aliphatic carbocycles. The number of primary amides is 1. The average Bonchev–Trinajstić information content (AvgIpc) is 2.86. The number of amides is 1. The Morgan fingerprint density at radius 3 is 2.37 bits per heavy atom. The van der Waals surface area contributed by atoms with Crippen molar-refractivity contribution >= 4 is 23.3 Å². The van der Waals surface area contributed by atoms with Crippen molar-refractivity contribution in [3.05, 3.63) is 53.1 Å². The van der Waals surface area contributed by atoms with Gasteiger partial charge in [-0.2, -0.15) is 0 Å². The van der Waals surface area contributed by atoms with E-state index in [1.54, 1.807) is 25.1 Å². The molecule has 3 unspecified atom stereocenters. The highest BCUT2D eigenvalue weighted by Crippen LogP contribution is 2.52. The quantitative estimate of drug-likeness (QED) is 0.340. The molecule has 38 heavy (non-hydrogen) atoms. The molecule has 0 heterocycles. The molecule has 0 aliphatic heterocycles. The first-order valence-corrected chi connectivity index (χ1v) is 12.6. The minimum absolute atomic E-state index is 0.0395. The van der Waals surface area contributed by atoms with E-state index in [0.29, 0.717) is 16.7 Å². The Morgan fingerprint density at radius 1 is 1.13 bits per heavy atom. The highest BCUT2D eigenvalue weighted by Gasteiger charge is 2.69. The Bertz CT molecular complexity index is 1360. The van der Waals surface area contributed by atoms with Gasteiger partial charge >= 0.3 is 0 Å². The number of ketones is 3. The Kier molecular flexibility index (Phi) is 6.26. The summed E-state index contributed by atoms with van der Waals surface area (Å²) >= 11 is 0. The summed E-state index contributed by atoms with van der Waals surface area (Å²) in [5, 5.41) is 33.7. The van der Waals surface area contributed by atoms with Gasteiger partial charge in [0.15, 0.2) is 23.0 Å². The van der Waals surface area contributed by atoms with Gasteiger partial charge in [-0.15, -0.1) is 0 Å². The fourth-order valence-corrected chi connectivity index (χ4v) is 6.98. The second-order valence-electron chi connectivity index (χ2n) is 10.8. The summed E-state index contributed by atoms with van der Waals surface area (Å²) in [6.45, 7) is -0.0541. The number of likely N-dealkylation sites (N-methyl/N-ethyl adjacent to an activating group) is 1. The molecule has 1 amide bonds. The maximum absolute atomic E-state index is 14.0. The maximum atomic E-state index is 14.0. The second-order valence-corrected chi connectivity index (χ2v) is 10.8. The number of phenols is 1. The molecule has 10 nitrogen and oxygen atoms in total. The van der Waals surface area contributed by atoms with E-state index in [1.165, 1.54) is 0 Å². The third kappa shape index (κ3) is 3.48. The van der Waals surface area contributed by atoms with Gasteiger partial charge in [0, 0.05) is 24.1 Å². The van der Waals surface area contributed by atoms with Gasteiger partial charge in [-0.25, -0.2) is 0 Å². The highest BCUT2D eigenvalue weighted by molar-refractivity contribution is 6.25. The standard InChI is InChI=1S/C28H31N3O7/c1-31(2)21-17-10-13-8-16-15(12-6-4-3-5-7-12)9-14(11-29)22(32)19(16)23(33)18(13)25(35)28(17,38)26(36)20(24(21)34)27(30)37/h3-7,9,13,17-18,20-21,24,32,34,38H,8,10-11,29H2,1-2H3,(H2,30,37)/t13-,17-,18?,20?,21-,24?,28-/m1/s1. The number of nitrogens with two attached hydrogens (primary N) is 2. The summed E-state index contributed by atoms with van der Waals surface area (Å²) in [4.78, 5) is 55.0. The number of carbonyl (C=O) groups excluding carboxylic acids is 4. The molecule has 0 spiro atoms. The van der Waals surface area contributed by atoms with Crippen LogP contribution >= 0.6 is 0 Å². The number of carbonyl (C=O) groups is 4. The molecular formula is C28H31N3O7. The van der Waals surface area contributed by atoms with Gasteiger partial charge in [-0.3, -0.25) is 19.2 Å². The van der Waals surface area contributed by atoms with Crippen LogP contribution in [0.3, 0.4) is 0 Å². The molecule has 0 aromatic heterocycles. The van der Waals surface area contributed by atoms with Crippen molar-refractivity contribution in [3.63, 3.8) is 0 Å². The van der Waals surface area contributed by atoms with Crippen LogP contribution in [0.1, 0.15) is 27.9 Å². The number of rotatable bonds is 4. The summed E-state index contributed by atoms with van der Waals surface area (Å²) < 4.78 is 0. The molecule has 0 radical (unpaired) electrons. The topological polar surface area (TPSA) is 184 Å². The first-order chi connectivity index (χ1) is 17.9. The Hall–Kier alpha value is -3.44. The molecule has 2 aromatic carbocycles. The van der Waals surface area contributed by atoms with Crippen molar-refractivity contribution in [2.45, 2.75) is 37.1 Å². The number of hydrogen-bond donors (Lipinski definition) is 5. The number of aromatic hydroxyl groups is 1. The van der Waals surface area contributed by atoms with Crippen molar-refractivity contribution in [1.82, 2.24) is 4.90 Å². The smallest absolute Gasteiger partial charge is 0.230 e. The Labute approximate surface area is 219 Å². The third-order valence-corrected chi connectivity index (χ3v) is 8.67. The molecule has 2 aromatic rings. The normalized spacial score (nSPS) is 32.5. The molecule has 5 rings (SSSR count). The summed E-state index contributed by atoms with van der Waals surface area (Å²) in [5.41, 5.74) is 11.0. The zero-order chi connectivity index (χ0) is 27.7. The summed E-state index contributed by atoms with van der Waals surface area (Å²) in [6.07, 6.45) is -1.26. The Balaban J connectivity index is 1.69. The average molecular weight is 522 g/mol. The number of fused-ring (bicyclic) bond motifs is 3. The van der Waals surface area contributed by atoms with E-state index in [4.69, 9.17) is 11.5 Å². The van der Waals surface area contributed by atoms with Crippen LogP contribution in [0.2, 0.25) is 0 Å². The molecule has 0 bridgehead atoms. The lowest BCUT2D eigenvalue weighted by molar-refractivity contribution is -0.190. The SMILES string of the molecule is CN(C)[C@H]1C(O)C(C(N)=O)C(=O)[C@]2(O)C(=O)C3C(=O)c4c(O)c(CN)cc(-c5ccccc5)c4C[C@@H]3C[C@H]12. The van der Waals surface area contributed by atoms with Crippen molar-refractivity contribution in [1.29, 1.82) is 0 Å². The predicted molar refractivity (Wildman–Crippen MR) is 136 cm³/mol. The minimum Gasteiger partial charge on any atom is -0.507 e. The molecule has 0 saturated heterocycles.